The maximum Gasteiger partial charge on any atom is 0.224 e. The van der Waals surface area contributed by atoms with E-state index in [0.717, 1.165) is 22.1 Å². The van der Waals surface area contributed by atoms with Crippen LogP contribution in [0.1, 0.15) is 5.56 Å². The van der Waals surface area contributed by atoms with Gasteiger partial charge in [0.05, 0.1) is 10.6 Å². The third-order valence-electron chi connectivity index (χ3n) is 3.99. The molecule has 1 aromatic carbocycles. The van der Waals surface area contributed by atoms with Crippen molar-refractivity contribution in [2.24, 2.45) is 0 Å². The van der Waals surface area contributed by atoms with Crippen molar-refractivity contribution in [1.82, 2.24) is 19.9 Å². The lowest BCUT2D eigenvalue weighted by molar-refractivity contribution is 1.15. The van der Waals surface area contributed by atoms with Gasteiger partial charge in [-0.1, -0.05) is 0 Å². The standard InChI is InChI=1S/C18H17N7S/c1-10-12-9-11(23-15-6-8-22-18(20-2)25-15)3-4-14(12)26-16(10)13-5-7-21-17(19)24-13/h3-9H,1-2H3,(H2,19,21,24)(H2,20,22,23,25). The van der Waals surface area contributed by atoms with Gasteiger partial charge in [-0.3, -0.25) is 0 Å². The van der Waals surface area contributed by atoms with Crippen molar-refractivity contribution in [3.8, 4) is 10.6 Å². The first-order valence-electron chi connectivity index (χ1n) is 8.04. The molecule has 8 heteroatoms. The highest BCUT2D eigenvalue weighted by molar-refractivity contribution is 7.22. The molecule has 4 rings (SSSR count). The molecule has 0 saturated carbocycles. The van der Waals surface area contributed by atoms with Crippen molar-refractivity contribution in [2.45, 2.75) is 6.92 Å². The van der Waals surface area contributed by atoms with Crippen LogP contribution in [0.5, 0.6) is 0 Å². The van der Waals surface area contributed by atoms with Crippen molar-refractivity contribution >= 4 is 44.8 Å². The van der Waals surface area contributed by atoms with Crippen LogP contribution in [0, 0.1) is 6.92 Å². The summed E-state index contributed by atoms with van der Waals surface area (Å²) in [6, 6.07) is 9.98. The number of aromatic nitrogens is 4. The summed E-state index contributed by atoms with van der Waals surface area (Å²) in [6.45, 7) is 2.10. The van der Waals surface area contributed by atoms with Crippen LogP contribution in [0.25, 0.3) is 20.7 Å². The summed E-state index contributed by atoms with van der Waals surface area (Å²) >= 11 is 1.70. The zero-order valence-electron chi connectivity index (χ0n) is 14.3. The van der Waals surface area contributed by atoms with E-state index in [1.807, 2.05) is 18.2 Å². The molecule has 0 aliphatic rings. The minimum Gasteiger partial charge on any atom is -0.368 e. The molecule has 0 saturated heterocycles. The summed E-state index contributed by atoms with van der Waals surface area (Å²) in [7, 11) is 1.79. The molecule has 0 atom stereocenters. The van der Waals surface area contributed by atoms with Gasteiger partial charge < -0.3 is 16.4 Å². The van der Waals surface area contributed by atoms with Gasteiger partial charge in [0.15, 0.2) is 0 Å². The van der Waals surface area contributed by atoms with E-state index in [-0.39, 0.29) is 5.95 Å². The minimum atomic E-state index is 0.283. The molecular weight excluding hydrogens is 346 g/mol. The molecule has 7 nitrogen and oxygen atoms in total. The number of nitrogens with zero attached hydrogens (tertiary/aromatic N) is 4. The Balaban J connectivity index is 1.72. The Morgan fingerprint density at radius 1 is 1.04 bits per heavy atom. The minimum absolute atomic E-state index is 0.283. The van der Waals surface area contributed by atoms with E-state index in [0.29, 0.717) is 5.95 Å². The Morgan fingerprint density at radius 2 is 1.88 bits per heavy atom. The van der Waals surface area contributed by atoms with Gasteiger partial charge in [-0.15, -0.1) is 11.3 Å². The first-order chi connectivity index (χ1) is 12.6. The first-order valence-corrected chi connectivity index (χ1v) is 8.85. The fourth-order valence-corrected chi connectivity index (χ4v) is 3.90. The first kappa shape index (κ1) is 16.2. The second-order valence-electron chi connectivity index (χ2n) is 5.71. The second-order valence-corrected chi connectivity index (χ2v) is 6.76. The molecule has 0 spiro atoms. The molecule has 3 aromatic heterocycles. The average molecular weight is 363 g/mol. The van der Waals surface area contributed by atoms with E-state index >= 15 is 0 Å². The number of thiophene rings is 1. The Morgan fingerprint density at radius 3 is 2.69 bits per heavy atom. The van der Waals surface area contributed by atoms with Crippen LogP contribution in [-0.4, -0.2) is 27.0 Å². The van der Waals surface area contributed by atoms with Gasteiger partial charge in [0.1, 0.15) is 5.82 Å². The normalized spacial score (nSPS) is 10.8. The maximum absolute atomic E-state index is 5.73. The predicted octanol–water partition coefficient (Wildman–Crippen LogP) is 3.82. The van der Waals surface area contributed by atoms with E-state index in [4.69, 9.17) is 5.73 Å². The zero-order chi connectivity index (χ0) is 18.1. The van der Waals surface area contributed by atoms with Gasteiger partial charge in [0, 0.05) is 29.8 Å². The smallest absolute Gasteiger partial charge is 0.224 e. The largest absolute Gasteiger partial charge is 0.368 e. The van der Waals surface area contributed by atoms with E-state index in [2.05, 4.69) is 49.6 Å². The molecule has 130 valence electrons. The van der Waals surface area contributed by atoms with Crippen LogP contribution in [0.4, 0.5) is 23.4 Å². The molecule has 4 N–H and O–H groups in total. The van der Waals surface area contributed by atoms with Gasteiger partial charge in [-0.05, 0) is 48.2 Å². The number of benzene rings is 1. The van der Waals surface area contributed by atoms with Gasteiger partial charge in [0.25, 0.3) is 0 Å². The molecule has 4 aromatic rings. The fourth-order valence-electron chi connectivity index (χ4n) is 2.74. The third kappa shape index (κ3) is 3.02. The fraction of sp³-hybridized carbons (Fsp3) is 0.111. The van der Waals surface area contributed by atoms with Crippen LogP contribution in [0.2, 0.25) is 0 Å². The Hall–Kier alpha value is -3.26. The van der Waals surface area contributed by atoms with E-state index < -0.39 is 0 Å². The van der Waals surface area contributed by atoms with Crippen LogP contribution < -0.4 is 16.4 Å². The molecule has 3 heterocycles. The average Bonchev–Trinajstić information content (AvgIpc) is 2.98. The Bertz CT molecular complexity index is 1090. The monoisotopic (exact) mass is 363 g/mol. The number of hydrogen-bond donors (Lipinski definition) is 3. The topological polar surface area (TPSA) is 102 Å². The lowest BCUT2D eigenvalue weighted by Gasteiger charge is -2.07. The third-order valence-corrected chi connectivity index (χ3v) is 5.29. The predicted molar refractivity (Wildman–Crippen MR) is 107 cm³/mol. The van der Waals surface area contributed by atoms with Crippen molar-refractivity contribution in [2.75, 3.05) is 23.4 Å². The maximum atomic E-state index is 5.73. The number of nitrogens with two attached hydrogens (primary N) is 1. The Labute approximate surface area is 154 Å². The Kier molecular flexibility index (Phi) is 4.10. The quantitative estimate of drug-likeness (QED) is 0.506. The summed E-state index contributed by atoms with van der Waals surface area (Å²) in [5.41, 5.74) is 8.71. The number of rotatable bonds is 4. The number of hydrogen-bond acceptors (Lipinski definition) is 8. The summed E-state index contributed by atoms with van der Waals surface area (Å²) in [5, 5.41) is 7.44. The number of nitrogen functional groups attached to an aromatic ring is 1. The number of fused-ring (bicyclic) bond motifs is 1. The van der Waals surface area contributed by atoms with E-state index in [9.17, 15) is 0 Å². The lowest BCUT2D eigenvalue weighted by Crippen LogP contribution is -1.99. The second kappa shape index (κ2) is 6.57. The molecule has 0 amide bonds. The summed E-state index contributed by atoms with van der Waals surface area (Å²) in [6.07, 6.45) is 3.40. The molecule has 0 bridgehead atoms. The van der Waals surface area contributed by atoms with Gasteiger partial charge >= 0.3 is 0 Å². The van der Waals surface area contributed by atoms with Crippen molar-refractivity contribution in [3.05, 3.63) is 48.3 Å². The summed E-state index contributed by atoms with van der Waals surface area (Å²) < 4.78 is 1.19. The SMILES string of the molecule is CNc1nccc(Nc2ccc3sc(-c4ccnc(N)n4)c(C)c3c2)n1. The van der Waals surface area contributed by atoms with Gasteiger partial charge in [-0.25, -0.2) is 15.0 Å². The molecule has 0 fully saturated rings. The molecule has 0 aliphatic heterocycles. The molecule has 0 unspecified atom stereocenters. The lowest BCUT2D eigenvalue weighted by atomic mass is 10.1. The number of aryl methyl sites for hydroxylation is 1. The molecule has 26 heavy (non-hydrogen) atoms. The molecular formula is C18H17N7S. The summed E-state index contributed by atoms with van der Waals surface area (Å²) in [4.78, 5) is 17.9. The highest BCUT2D eigenvalue weighted by Gasteiger charge is 2.12. The highest BCUT2D eigenvalue weighted by Crippen LogP contribution is 2.38. The zero-order valence-corrected chi connectivity index (χ0v) is 15.1. The van der Waals surface area contributed by atoms with Gasteiger partial charge in [0.2, 0.25) is 11.9 Å². The van der Waals surface area contributed by atoms with Crippen LogP contribution in [-0.2, 0) is 0 Å². The van der Waals surface area contributed by atoms with Crippen molar-refractivity contribution in [3.63, 3.8) is 0 Å². The van der Waals surface area contributed by atoms with Gasteiger partial charge in [-0.2, -0.15) is 4.98 Å². The van der Waals surface area contributed by atoms with Crippen molar-refractivity contribution < 1.29 is 0 Å². The van der Waals surface area contributed by atoms with Crippen LogP contribution >= 0.6 is 11.3 Å². The van der Waals surface area contributed by atoms with Crippen molar-refractivity contribution in [1.29, 1.82) is 0 Å². The van der Waals surface area contributed by atoms with Crippen LogP contribution in [0.3, 0.4) is 0 Å². The van der Waals surface area contributed by atoms with E-state index in [1.165, 1.54) is 15.6 Å². The molecule has 0 radical (unpaired) electrons. The van der Waals surface area contributed by atoms with E-state index in [1.54, 1.807) is 30.8 Å². The molecule has 0 aliphatic carbocycles. The number of nitrogens with one attached hydrogen (secondary N) is 2. The van der Waals surface area contributed by atoms with Crippen LogP contribution in [0.15, 0.2) is 42.7 Å². The number of anilines is 4. The summed E-state index contributed by atoms with van der Waals surface area (Å²) in [5.74, 6) is 1.60. The highest BCUT2D eigenvalue weighted by atomic mass is 32.1.